The second-order valence-electron chi connectivity index (χ2n) is 8.21. The smallest absolute Gasteiger partial charge is 0.175 e. The minimum Gasteiger partial charge on any atom is -0.330 e. The number of aryl methyl sites for hydroxylation is 3. The van der Waals surface area contributed by atoms with Crippen LogP contribution < -0.4 is 10.6 Å². The topological polar surface area (TPSA) is 77.5 Å². The van der Waals surface area contributed by atoms with Crippen molar-refractivity contribution in [2.75, 3.05) is 10.6 Å². The summed E-state index contributed by atoms with van der Waals surface area (Å²) in [5.74, 6) is 0. The van der Waals surface area contributed by atoms with E-state index in [1.54, 1.807) is 6.20 Å². The summed E-state index contributed by atoms with van der Waals surface area (Å²) in [6, 6.07) is 8.37. The van der Waals surface area contributed by atoms with E-state index in [4.69, 9.17) is 17.3 Å². The first kappa shape index (κ1) is 22.7. The number of benzene rings is 1. The summed E-state index contributed by atoms with van der Waals surface area (Å²) in [6.45, 7) is 12.6. The average molecular weight is 463 g/mol. The Bertz CT molecular complexity index is 1280. The lowest BCUT2D eigenvalue weighted by atomic mass is 10.1. The molecule has 172 valence electrons. The molecule has 0 saturated carbocycles. The van der Waals surface area contributed by atoms with Crippen LogP contribution in [0.3, 0.4) is 0 Å². The van der Waals surface area contributed by atoms with Crippen molar-refractivity contribution in [1.82, 2.24) is 29.3 Å². The number of rotatable bonds is 7. The first-order valence-corrected chi connectivity index (χ1v) is 11.5. The van der Waals surface area contributed by atoms with Crippen LogP contribution in [0.25, 0.3) is 0 Å². The molecule has 0 bridgehead atoms. The van der Waals surface area contributed by atoms with Crippen LogP contribution in [0.2, 0.25) is 0 Å². The van der Waals surface area contributed by atoms with Crippen LogP contribution in [0.5, 0.6) is 0 Å². The van der Waals surface area contributed by atoms with E-state index in [0.29, 0.717) is 11.7 Å². The van der Waals surface area contributed by atoms with E-state index in [1.165, 1.54) is 11.1 Å². The number of hydrogen-bond acceptors (Lipinski definition) is 4. The molecule has 0 aliphatic heterocycles. The number of thiocarbonyl (C=S) groups is 1. The molecule has 0 spiro atoms. The minimum absolute atomic E-state index is 0.506. The van der Waals surface area contributed by atoms with E-state index in [1.807, 2.05) is 33.4 Å². The molecule has 0 atom stereocenters. The number of nitrogens with zero attached hydrogens (tertiary/aromatic N) is 6. The van der Waals surface area contributed by atoms with Gasteiger partial charge in [-0.25, -0.2) is 0 Å². The van der Waals surface area contributed by atoms with Crippen molar-refractivity contribution >= 4 is 28.7 Å². The molecule has 0 amide bonds. The quantitative estimate of drug-likeness (QED) is 0.396. The normalized spacial score (nSPS) is 11.1. The SMILES string of the molecule is CCn1ncc(Cn2cc(NC(=S)Nc3c(C)nn(Cc4ccccc4C)c3C)cn2)c1C. The van der Waals surface area contributed by atoms with Crippen molar-refractivity contribution < 1.29 is 0 Å². The largest absolute Gasteiger partial charge is 0.330 e. The Hall–Kier alpha value is -3.46. The van der Waals surface area contributed by atoms with Crippen LogP contribution >= 0.6 is 12.2 Å². The van der Waals surface area contributed by atoms with Gasteiger partial charge in [0.1, 0.15) is 0 Å². The van der Waals surface area contributed by atoms with Crippen molar-refractivity contribution in [2.45, 2.75) is 54.3 Å². The monoisotopic (exact) mass is 462 g/mol. The molecule has 33 heavy (non-hydrogen) atoms. The van der Waals surface area contributed by atoms with Crippen molar-refractivity contribution in [3.05, 3.63) is 76.6 Å². The Balaban J connectivity index is 1.41. The van der Waals surface area contributed by atoms with Gasteiger partial charge in [0.25, 0.3) is 0 Å². The highest BCUT2D eigenvalue weighted by molar-refractivity contribution is 7.80. The lowest BCUT2D eigenvalue weighted by Gasteiger charge is -2.11. The van der Waals surface area contributed by atoms with E-state index in [2.05, 4.69) is 72.8 Å². The maximum absolute atomic E-state index is 5.57. The maximum atomic E-state index is 5.57. The molecule has 9 heteroatoms. The number of anilines is 2. The van der Waals surface area contributed by atoms with Crippen LogP contribution in [0, 0.1) is 27.7 Å². The zero-order chi connectivity index (χ0) is 23.5. The Labute approximate surface area is 199 Å². The molecule has 2 N–H and O–H groups in total. The van der Waals surface area contributed by atoms with Gasteiger partial charge in [0.05, 0.1) is 48.2 Å². The van der Waals surface area contributed by atoms with Crippen molar-refractivity contribution in [3.8, 4) is 0 Å². The molecule has 8 nitrogen and oxygen atoms in total. The molecular weight excluding hydrogens is 432 g/mol. The minimum atomic E-state index is 0.506. The lowest BCUT2D eigenvalue weighted by molar-refractivity contribution is 0.633. The standard InChI is InChI=1S/C24H30N8S/c1-6-31-18(4)21(11-26-31)13-30-15-22(12-25-30)27-24(33)28-23-17(3)29-32(19(23)5)14-20-10-8-7-9-16(20)2/h7-12,15H,6,13-14H2,1-5H3,(H2,27,28,33). The van der Waals surface area contributed by atoms with Gasteiger partial charge >= 0.3 is 0 Å². The molecule has 1 aromatic carbocycles. The van der Waals surface area contributed by atoms with Crippen LogP contribution in [0.1, 0.15) is 40.7 Å². The number of nitrogens with one attached hydrogen (secondary N) is 2. The number of aromatic nitrogens is 6. The molecular formula is C24H30N8S. The zero-order valence-corrected chi connectivity index (χ0v) is 20.6. The summed E-state index contributed by atoms with van der Waals surface area (Å²) < 4.78 is 5.88. The third-order valence-electron chi connectivity index (χ3n) is 5.93. The fourth-order valence-electron chi connectivity index (χ4n) is 3.90. The van der Waals surface area contributed by atoms with Gasteiger partial charge < -0.3 is 10.6 Å². The van der Waals surface area contributed by atoms with E-state index >= 15 is 0 Å². The van der Waals surface area contributed by atoms with Crippen molar-refractivity contribution in [2.24, 2.45) is 0 Å². The van der Waals surface area contributed by atoms with Crippen LogP contribution in [-0.4, -0.2) is 34.5 Å². The van der Waals surface area contributed by atoms with E-state index < -0.39 is 0 Å². The van der Waals surface area contributed by atoms with Crippen molar-refractivity contribution in [1.29, 1.82) is 0 Å². The third kappa shape index (κ3) is 4.98. The molecule has 0 saturated heterocycles. The molecule has 0 aliphatic carbocycles. The first-order valence-electron chi connectivity index (χ1n) is 11.1. The van der Waals surface area contributed by atoms with Crippen molar-refractivity contribution in [3.63, 3.8) is 0 Å². The second kappa shape index (κ2) is 9.58. The predicted octanol–water partition coefficient (Wildman–Crippen LogP) is 4.44. The molecule has 3 heterocycles. The summed E-state index contributed by atoms with van der Waals surface area (Å²) in [4.78, 5) is 0. The molecule has 4 aromatic rings. The third-order valence-corrected chi connectivity index (χ3v) is 6.13. The Morgan fingerprint density at radius 2 is 1.70 bits per heavy atom. The van der Waals surface area contributed by atoms with Gasteiger partial charge in [-0.15, -0.1) is 0 Å². The van der Waals surface area contributed by atoms with E-state index in [0.717, 1.165) is 47.1 Å². The van der Waals surface area contributed by atoms with Gasteiger partial charge in [-0.1, -0.05) is 24.3 Å². The Kier molecular flexibility index (Phi) is 6.60. The molecule has 0 radical (unpaired) electrons. The maximum Gasteiger partial charge on any atom is 0.175 e. The summed E-state index contributed by atoms with van der Waals surface area (Å²) in [5, 5.41) is 20.6. The highest BCUT2D eigenvalue weighted by Gasteiger charge is 2.14. The van der Waals surface area contributed by atoms with Crippen LogP contribution in [0.4, 0.5) is 11.4 Å². The van der Waals surface area contributed by atoms with Gasteiger partial charge in [0.2, 0.25) is 0 Å². The Morgan fingerprint density at radius 3 is 2.42 bits per heavy atom. The summed E-state index contributed by atoms with van der Waals surface area (Å²) in [7, 11) is 0. The first-order chi connectivity index (χ1) is 15.9. The summed E-state index contributed by atoms with van der Waals surface area (Å²) >= 11 is 5.57. The lowest BCUT2D eigenvalue weighted by Crippen LogP contribution is -2.19. The molecule has 0 unspecified atom stereocenters. The predicted molar refractivity (Wildman–Crippen MR) is 136 cm³/mol. The van der Waals surface area contributed by atoms with Gasteiger partial charge in [0, 0.05) is 24.0 Å². The summed E-state index contributed by atoms with van der Waals surface area (Å²) in [6.07, 6.45) is 5.62. The zero-order valence-electron chi connectivity index (χ0n) is 19.8. The van der Waals surface area contributed by atoms with Gasteiger partial charge in [-0.2, -0.15) is 15.3 Å². The Morgan fingerprint density at radius 1 is 0.909 bits per heavy atom. The second-order valence-corrected chi connectivity index (χ2v) is 8.61. The van der Waals surface area contributed by atoms with Gasteiger partial charge in [0.15, 0.2) is 5.11 Å². The van der Waals surface area contributed by atoms with E-state index in [-0.39, 0.29) is 0 Å². The number of hydrogen-bond donors (Lipinski definition) is 2. The average Bonchev–Trinajstić information content (AvgIpc) is 3.45. The molecule has 3 aromatic heterocycles. The highest BCUT2D eigenvalue weighted by atomic mass is 32.1. The van der Waals surface area contributed by atoms with Crippen LogP contribution in [0.15, 0.2) is 42.9 Å². The molecule has 0 aliphatic rings. The molecule has 0 fully saturated rings. The molecule has 4 rings (SSSR count). The highest BCUT2D eigenvalue weighted by Crippen LogP contribution is 2.22. The fourth-order valence-corrected chi connectivity index (χ4v) is 4.12. The fraction of sp³-hybridized carbons (Fsp3) is 0.333. The van der Waals surface area contributed by atoms with Gasteiger partial charge in [-0.3, -0.25) is 14.0 Å². The van der Waals surface area contributed by atoms with Crippen LogP contribution in [-0.2, 0) is 19.6 Å². The van der Waals surface area contributed by atoms with E-state index in [9.17, 15) is 0 Å². The summed E-state index contributed by atoms with van der Waals surface area (Å²) in [5.41, 5.74) is 8.52. The van der Waals surface area contributed by atoms with Gasteiger partial charge in [-0.05, 0) is 58.0 Å².